The average Bonchev–Trinajstić information content (AvgIpc) is 3.16. The van der Waals surface area contributed by atoms with Crippen molar-refractivity contribution >= 4 is 40.4 Å². The Kier molecular flexibility index (Phi) is 7.87. The van der Waals surface area contributed by atoms with E-state index < -0.39 is 32.4 Å². The van der Waals surface area contributed by atoms with E-state index >= 15 is 0 Å². The normalized spacial score (nSPS) is 14.0. The molecule has 1 heterocycles. The zero-order valence-electron chi connectivity index (χ0n) is 19.8. The first-order valence-electron chi connectivity index (χ1n) is 11.0. The molecule has 0 spiro atoms. The van der Waals surface area contributed by atoms with Crippen molar-refractivity contribution in [3.05, 3.63) is 97.4 Å². The van der Waals surface area contributed by atoms with Crippen LogP contribution in [0.4, 0.5) is 16.2 Å². The fourth-order valence-electron chi connectivity index (χ4n) is 3.47. The number of nitrogens with zero attached hydrogens (tertiary/aromatic N) is 3. The number of imide groups is 1. The van der Waals surface area contributed by atoms with Gasteiger partial charge in [0.05, 0.1) is 34.5 Å². The van der Waals surface area contributed by atoms with Gasteiger partial charge in [-0.3, -0.25) is 34.7 Å². The standard InChI is InChI=1S/C25H19N3O9S/c1-35-21-7-2-3-8-22(21)36-12-11-26-24(29)23(38-25(26)30)14-16-5-4-6-18(13-16)37-20-10-9-17(27(31)32)15-19(20)28(33)34/h2-10,13-15H,11-12H2,1H3/b23-14-. The molecule has 12 nitrogen and oxygen atoms in total. The molecule has 4 rings (SSSR count). The van der Waals surface area contributed by atoms with Crippen LogP contribution in [0.25, 0.3) is 6.08 Å². The van der Waals surface area contributed by atoms with Crippen LogP contribution in [-0.2, 0) is 4.79 Å². The number of hydrogen-bond acceptors (Lipinski definition) is 10. The van der Waals surface area contributed by atoms with Crippen molar-refractivity contribution in [3.8, 4) is 23.0 Å². The predicted octanol–water partition coefficient (Wildman–Crippen LogP) is 5.42. The van der Waals surface area contributed by atoms with Crippen LogP contribution in [-0.4, -0.2) is 46.2 Å². The highest BCUT2D eigenvalue weighted by Gasteiger charge is 2.35. The largest absolute Gasteiger partial charge is 0.493 e. The van der Waals surface area contributed by atoms with Crippen LogP contribution in [0.15, 0.2) is 71.6 Å². The summed E-state index contributed by atoms with van der Waals surface area (Å²) in [4.78, 5) is 47.3. The van der Waals surface area contributed by atoms with Gasteiger partial charge in [-0.2, -0.15) is 0 Å². The molecule has 0 unspecified atom stereocenters. The van der Waals surface area contributed by atoms with E-state index in [0.29, 0.717) is 17.1 Å². The molecule has 2 amide bonds. The third-order valence-corrected chi connectivity index (χ3v) is 6.16. The van der Waals surface area contributed by atoms with E-state index in [9.17, 15) is 29.8 Å². The van der Waals surface area contributed by atoms with Crippen LogP contribution in [0.3, 0.4) is 0 Å². The Hall–Kier alpha value is -4.91. The van der Waals surface area contributed by atoms with E-state index in [1.807, 2.05) is 0 Å². The first-order chi connectivity index (χ1) is 18.3. The van der Waals surface area contributed by atoms with Crippen LogP contribution in [0, 0.1) is 20.2 Å². The maximum atomic E-state index is 12.8. The predicted molar refractivity (Wildman–Crippen MR) is 137 cm³/mol. The number of para-hydroxylation sites is 2. The molecule has 0 aromatic heterocycles. The van der Waals surface area contributed by atoms with Crippen molar-refractivity contribution in [3.63, 3.8) is 0 Å². The van der Waals surface area contributed by atoms with Crippen molar-refractivity contribution in [2.75, 3.05) is 20.3 Å². The van der Waals surface area contributed by atoms with E-state index in [1.165, 1.54) is 25.3 Å². The Morgan fingerprint density at radius 3 is 2.39 bits per heavy atom. The van der Waals surface area contributed by atoms with Gasteiger partial charge in [0.15, 0.2) is 11.5 Å². The van der Waals surface area contributed by atoms with Gasteiger partial charge in [-0.25, -0.2) is 0 Å². The highest BCUT2D eigenvalue weighted by Crippen LogP contribution is 2.36. The van der Waals surface area contributed by atoms with E-state index in [-0.39, 0.29) is 29.6 Å². The fraction of sp³-hybridized carbons (Fsp3) is 0.120. The molecule has 0 saturated carbocycles. The molecule has 194 valence electrons. The molecule has 1 fully saturated rings. The van der Waals surface area contributed by atoms with Gasteiger partial charge in [0, 0.05) is 6.07 Å². The van der Waals surface area contributed by atoms with E-state index in [2.05, 4.69) is 0 Å². The van der Waals surface area contributed by atoms with Gasteiger partial charge < -0.3 is 14.2 Å². The monoisotopic (exact) mass is 537 g/mol. The lowest BCUT2D eigenvalue weighted by atomic mass is 10.2. The van der Waals surface area contributed by atoms with Crippen molar-refractivity contribution in [1.82, 2.24) is 4.90 Å². The van der Waals surface area contributed by atoms with Crippen molar-refractivity contribution in [1.29, 1.82) is 0 Å². The molecular weight excluding hydrogens is 518 g/mol. The molecule has 3 aromatic rings. The minimum Gasteiger partial charge on any atom is -0.493 e. The summed E-state index contributed by atoms with van der Waals surface area (Å²) in [7, 11) is 1.51. The molecule has 3 aromatic carbocycles. The number of carbonyl (C=O) groups excluding carboxylic acids is 2. The SMILES string of the molecule is COc1ccccc1OCCN1C(=O)S/C(=C\c2cccc(Oc3ccc([N+](=O)[O-])cc3[N+](=O)[O-])c2)C1=O. The zero-order valence-corrected chi connectivity index (χ0v) is 20.6. The van der Waals surface area contributed by atoms with Crippen LogP contribution in [0.2, 0.25) is 0 Å². The van der Waals surface area contributed by atoms with Crippen molar-refractivity contribution in [2.45, 2.75) is 0 Å². The van der Waals surface area contributed by atoms with Gasteiger partial charge >= 0.3 is 5.69 Å². The maximum absolute atomic E-state index is 12.8. The van der Waals surface area contributed by atoms with Gasteiger partial charge in [-0.1, -0.05) is 24.3 Å². The lowest BCUT2D eigenvalue weighted by molar-refractivity contribution is -0.394. The van der Waals surface area contributed by atoms with Crippen LogP contribution < -0.4 is 14.2 Å². The molecule has 0 radical (unpaired) electrons. The molecule has 0 bridgehead atoms. The van der Waals surface area contributed by atoms with Gasteiger partial charge in [-0.15, -0.1) is 0 Å². The number of benzene rings is 3. The van der Waals surface area contributed by atoms with Crippen molar-refractivity contribution in [2.24, 2.45) is 0 Å². The summed E-state index contributed by atoms with van der Waals surface area (Å²) in [5.41, 5.74) is -0.509. The molecule has 38 heavy (non-hydrogen) atoms. The highest BCUT2D eigenvalue weighted by atomic mass is 32.2. The summed E-state index contributed by atoms with van der Waals surface area (Å²) in [6.45, 7) is 0.107. The molecule has 1 aliphatic rings. The third-order valence-electron chi connectivity index (χ3n) is 5.25. The summed E-state index contributed by atoms with van der Waals surface area (Å²) in [6, 6.07) is 16.4. The number of amides is 2. The molecule has 0 atom stereocenters. The van der Waals surface area contributed by atoms with Gasteiger partial charge in [-0.05, 0) is 53.7 Å². The lowest BCUT2D eigenvalue weighted by Crippen LogP contribution is -2.32. The number of methoxy groups -OCH3 is 1. The van der Waals surface area contributed by atoms with Crippen LogP contribution in [0.1, 0.15) is 5.56 Å². The zero-order chi connectivity index (χ0) is 27.2. The number of non-ortho nitro benzene ring substituents is 1. The number of nitro groups is 2. The maximum Gasteiger partial charge on any atom is 0.318 e. The minimum absolute atomic E-state index is 0.0347. The van der Waals surface area contributed by atoms with Gasteiger partial charge in [0.2, 0.25) is 5.75 Å². The highest BCUT2D eigenvalue weighted by molar-refractivity contribution is 8.18. The quantitative estimate of drug-likeness (QED) is 0.186. The summed E-state index contributed by atoms with van der Waals surface area (Å²) in [5.74, 6) is 0.541. The number of nitro benzene ring substituents is 2. The van der Waals surface area contributed by atoms with Gasteiger partial charge in [0.25, 0.3) is 16.8 Å². The first-order valence-corrected chi connectivity index (χ1v) is 11.8. The van der Waals surface area contributed by atoms with Gasteiger partial charge in [0.1, 0.15) is 12.4 Å². The Labute approximate surface area is 219 Å². The average molecular weight is 538 g/mol. The molecule has 13 heteroatoms. The topological polar surface area (TPSA) is 151 Å². The molecule has 1 aliphatic heterocycles. The molecular formula is C25H19N3O9S. The minimum atomic E-state index is -0.778. The second kappa shape index (κ2) is 11.4. The molecule has 0 N–H and O–H groups in total. The number of rotatable bonds is 10. The smallest absolute Gasteiger partial charge is 0.318 e. The summed E-state index contributed by atoms with van der Waals surface area (Å²) in [6.07, 6.45) is 1.50. The fourth-order valence-corrected chi connectivity index (χ4v) is 4.34. The number of hydrogen-bond donors (Lipinski definition) is 0. The van der Waals surface area contributed by atoms with Crippen LogP contribution in [0.5, 0.6) is 23.0 Å². The molecule has 1 saturated heterocycles. The van der Waals surface area contributed by atoms with E-state index in [1.54, 1.807) is 36.4 Å². The summed E-state index contributed by atoms with van der Waals surface area (Å²) >= 11 is 0.775. The Bertz CT molecular complexity index is 1460. The number of thioether (sulfide) groups is 1. The molecule has 0 aliphatic carbocycles. The van der Waals surface area contributed by atoms with E-state index in [4.69, 9.17) is 14.2 Å². The Balaban J connectivity index is 1.46. The summed E-state index contributed by atoms with van der Waals surface area (Å²) in [5, 5.41) is 21.9. The number of ether oxygens (including phenoxy) is 3. The third kappa shape index (κ3) is 5.90. The van der Waals surface area contributed by atoms with E-state index in [0.717, 1.165) is 34.9 Å². The Morgan fingerprint density at radius 1 is 0.921 bits per heavy atom. The van der Waals surface area contributed by atoms with Crippen LogP contribution >= 0.6 is 11.8 Å². The second-order valence-corrected chi connectivity index (χ2v) is 8.67. The van der Waals surface area contributed by atoms with Crippen molar-refractivity contribution < 1.29 is 33.6 Å². The lowest BCUT2D eigenvalue weighted by Gasteiger charge is -2.14. The summed E-state index contributed by atoms with van der Waals surface area (Å²) < 4.78 is 16.5. The first kappa shape index (κ1) is 26.2. The number of carbonyl (C=O) groups is 2. The Morgan fingerprint density at radius 2 is 1.68 bits per heavy atom. The second-order valence-electron chi connectivity index (χ2n) is 7.67.